The van der Waals surface area contributed by atoms with E-state index < -0.39 is 50.7 Å². The normalized spacial score (nSPS) is 10.8. The maximum atomic E-state index is 13.1. The Morgan fingerprint density at radius 1 is 0.469 bits per heavy atom. The van der Waals surface area contributed by atoms with Crippen LogP contribution >= 0.6 is 0 Å². The molecule has 1 atom stereocenters. The summed E-state index contributed by atoms with van der Waals surface area (Å²) in [6.45, 7) is 35.5. The van der Waals surface area contributed by atoms with E-state index in [1.165, 1.54) is 31.2 Å². The van der Waals surface area contributed by atoms with Gasteiger partial charge in [0, 0.05) is 57.9 Å². The maximum absolute atomic E-state index is 13.1. The number of aryl methyl sites for hydroxylation is 2. The Bertz CT molecular complexity index is 3960. The van der Waals surface area contributed by atoms with Crippen molar-refractivity contribution in [3.05, 3.63) is 276 Å². The summed E-state index contributed by atoms with van der Waals surface area (Å²) < 4.78 is 73.0. The van der Waals surface area contributed by atoms with Gasteiger partial charge in [-0.15, -0.1) is 0 Å². The number of rotatable bonds is 26. The van der Waals surface area contributed by atoms with Crippen LogP contribution in [0.3, 0.4) is 0 Å². The summed E-state index contributed by atoms with van der Waals surface area (Å²) in [5.41, 5.74) is 8.71. The molecule has 0 spiro atoms. The molecule has 0 fully saturated rings. The third-order valence-electron chi connectivity index (χ3n) is 15.3. The van der Waals surface area contributed by atoms with Crippen LogP contribution in [-0.4, -0.2) is 65.2 Å². The Kier molecular flexibility index (Phi) is 34.7. The monoisotopic (exact) mass is 1360 g/mol. The molecule has 0 aliphatic heterocycles. The summed E-state index contributed by atoms with van der Waals surface area (Å²) in [6.07, 6.45) is 5.86. The first kappa shape index (κ1) is 83.5. The molecular weight excluding hydrogens is 1260 g/mol. The van der Waals surface area contributed by atoms with Gasteiger partial charge in [0.15, 0.2) is 0 Å². The lowest BCUT2D eigenvalue weighted by molar-refractivity contribution is -0.139. The van der Waals surface area contributed by atoms with Crippen molar-refractivity contribution in [2.45, 2.75) is 137 Å². The number of hydrogen-bond acceptors (Lipinski definition) is 17. The number of esters is 5. The predicted molar refractivity (Wildman–Crippen MR) is 383 cm³/mol. The topological polar surface area (TPSA) is 220 Å². The van der Waals surface area contributed by atoms with Gasteiger partial charge >= 0.3 is 36.0 Å². The lowest BCUT2D eigenvalue weighted by Gasteiger charge is -2.28. The highest BCUT2D eigenvalue weighted by molar-refractivity contribution is 7.91. The summed E-state index contributed by atoms with van der Waals surface area (Å²) >= 11 is 0. The van der Waals surface area contributed by atoms with Gasteiger partial charge in [0.2, 0.25) is 9.84 Å². The van der Waals surface area contributed by atoms with E-state index in [9.17, 15) is 37.2 Å². The first-order valence-electron chi connectivity index (χ1n) is 30.6. The smallest absolute Gasteiger partial charge is 0.496 e. The summed E-state index contributed by atoms with van der Waals surface area (Å²) in [7, 11) is -0.946. The SMILES string of the molecule is C.C.C=CC(=O)OCC.C=CC(=O)OCc1cc(C(C)(C)c2ccc(OC(=O)OC)c(COC(=O)C=C)c2)ccc1C.C=CC(=O)OCc1cc(C(C)(C)c2ccc(Oc3ccc(S(=O)(=O)c4ccc(C)cc4)cc3)c(COC(=O)C=C)c2)ccc1OC.CCC(C)c1ccccc1. The average molecular weight is 1360 g/mol. The van der Waals surface area contributed by atoms with Gasteiger partial charge in [-0.2, -0.15) is 0 Å². The van der Waals surface area contributed by atoms with Gasteiger partial charge in [0.05, 0.1) is 30.6 Å². The van der Waals surface area contributed by atoms with Crippen LogP contribution in [-0.2, 0) is 99.5 Å². The minimum absolute atomic E-state index is 0. The molecule has 0 aliphatic carbocycles. The predicted octanol–water partition coefficient (Wildman–Crippen LogP) is 17.5. The Morgan fingerprint density at radius 3 is 1.23 bits per heavy atom. The Morgan fingerprint density at radius 2 is 0.837 bits per heavy atom. The molecule has 7 aromatic carbocycles. The molecule has 0 radical (unpaired) electrons. The van der Waals surface area contributed by atoms with Crippen LogP contribution in [0.4, 0.5) is 4.79 Å². The zero-order chi connectivity index (χ0) is 71.2. The molecule has 18 heteroatoms. The molecule has 98 heavy (non-hydrogen) atoms. The summed E-state index contributed by atoms with van der Waals surface area (Å²) in [5.74, 6) is -0.228. The molecule has 0 bridgehead atoms. The highest BCUT2D eigenvalue weighted by atomic mass is 32.2. The third kappa shape index (κ3) is 24.9. The van der Waals surface area contributed by atoms with E-state index in [4.69, 9.17) is 33.2 Å². The van der Waals surface area contributed by atoms with Crippen LogP contribution in [0.1, 0.15) is 137 Å². The fraction of sp³-hybridized carbons (Fsp3) is 0.275. The van der Waals surface area contributed by atoms with Crippen molar-refractivity contribution >= 4 is 45.8 Å². The van der Waals surface area contributed by atoms with Gasteiger partial charge in [0.25, 0.3) is 0 Å². The van der Waals surface area contributed by atoms with E-state index in [1.54, 1.807) is 62.6 Å². The highest BCUT2D eigenvalue weighted by Crippen LogP contribution is 2.39. The number of hydrogen-bond donors (Lipinski definition) is 0. The summed E-state index contributed by atoms with van der Waals surface area (Å²) in [4.78, 5) is 68.7. The van der Waals surface area contributed by atoms with E-state index in [0.717, 1.165) is 69.3 Å². The first-order valence-corrected chi connectivity index (χ1v) is 32.0. The van der Waals surface area contributed by atoms with Crippen LogP contribution in [0.2, 0.25) is 0 Å². The standard InChI is InChI=1S/C37H36O8S.C26H28O7.C10H14.C5H8O2.2CH4/c1-7-35(38)43-23-26-21-28(11-19-33(26)42-6)37(4,5)29-12-20-34(27(22-29)24-44-36(39)8-2)45-30-13-17-32(18-14-30)46(40,41)31-15-9-25(3)10-16-31;1-7-23(27)31-15-18-13-20(10-9-17(18)3)26(4,5)21-11-12-22(33-25(29)30-6)19(14-21)16-32-24(28)8-2;1-3-9(2)10-7-5-4-6-8-10;1-3-5(6)7-4-2;;/h7-22H,1-2,23-24H2,3-6H3;7-14H,1-2,15-16H2,3-6H3;4-9H,3H2,1-2H3;3H,1,4H2,2H3;2*1H4. The van der Waals surface area contributed by atoms with Crippen LogP contribution < -0.4 is 14.2 Å². The first-order chi connectivity index (χ1) is 45.6. The van der Waals surface area contributed by atoms with Crippen LogP contribution in [0.5, 0.6) is 23.0 Å². The number of sulfone groups is 1. The van der Waals surface area contributed by atoms with Crippen molar-refractivity contribution in [1.82, 2.24) is 0 Å². The third-order valence-corrected chi connectivity index (χ3v) is 17.1. The Hall–Kier alpha value is -10.6. The van der Waals surface area contributed by atoms with E-state index >= 15 is 0 Å². The zero-order valence-electron chi connectivity index (χ0n) is 56.5. The van der Waals surface area contributed by atoms with Crippen LogP contribution in [0.15, 0.2) is 225 Å². The van der Waals surface area contributed by atoms with Crippen molar-refractivity contribution in [2.24, 2.45) is 0 Å². The van der Waals surface area contributed by atoms with Crippen molar-refractivity contribution < 1.29 is 79.8 Å². The quantitative estimate of drug-likeness (QED) is 0.0213. The molecule has 0 N–H and O–H groups in total. The van der Waals surface area contributed by atoms with E-state index in [2.05, 4.69) is 86.5 Å². The number of methoxy groups -OCH3 is 2. The molecule has 17 nitrogen and oxygen atoms in total. The molecule has 0 saturated heterocycles. The number of benzene rings is 7. The minimum atomic E-state index is -3.70. The van der Waals surface area contributed by atoms with Gasteiger partial charge in [-0.25, -0.2) is 37.2 Å². The van der Waals surface area contributed by atoms with Crippen molar-refractivity contribution in [2.75, 3.05) is 20.8 Å². The van der Waals surface area contributed by atoms with Crippen molar-refractivity contribution in [3.63, 3.8) is 0 Å². The average Bonchev–Trinajstić information content (AvgIpc) is 0.794. The second-order valence-corrected chi connectivity index (χ2v) is 24.4. The Balaban J connectivity index is 0.000000543. The lowest BCUT2D eigenvalue weighted by Crippen LogP contribution is -2.20. The van der Waals surface area contributed by atoms with E-state index in [0.29, 0.717) is 46.5 Å². The molecule has 0 saturated carbocycles. The number of carbonyl (C=O) groups is 6. The van der Waals surface area contributed by atoms with Gasteiger partial charge in [-0.3, -0.25) is 0 Å². The summed E-state index contributed by atoms with van der Waals surface area (Å²) in [5, 5.41) is 0. The number of ether oxygens (including phenoxy) is 9. The van der Waals surface area contributed by atoms with Crippen molar-refractivity contribution in [3.8, 4) is 23.0 Å². The molecule has 0 amide bonds. The minimum Gasteiger partial charge on any atom is -0.496 e. The van der Waals surface area contributed by atoms with E-state index in [-0.39, 0.29) is 62.8 Å². The molecule has 1 unspecified atom stereocenters. The van der Waals surface area contributed by atoms with Gasteiger partial charge in [-0.05, 0) is 145 Å². The second-order valence-electron chi connectivity index (χ2n) is 22.4. The molecule has 0 aromatic heterocycles. The second kappa shape index (κ2) is 40.7. The molecule has 522 valence electrons. The molecule has 0 heterocycles. The fourth-order valence-corrected chi connectivity index (χ4v) is 10.3. The highest BCUT2D eigenvalue weighted by Gasteiger charge is 2.28. The zero-order valence-corrected chi connectivity index (χ0v) is 57.3. The fourth-order valence-electron chi connectivity index (χ4n) is 9.04. The maximum Gasteiger partial charge on any atom is 0.513 e. The van der Waals surface area contributed by atoms with Crippen LogP contribution in [0, 0.1) is 13.8 Å². The molecule has 0 aliphatic rings. The number of carbonyl (C=O) groups excluding carboxylic acids is 6. The Labute approximate surface area is 579 Å². The lowest BCUT2D eigenvalue weighted by atomic mass is 9.77. The molecule has 7 rings (SSSR count). The van der Waals surface area contributed by atoms with Gasteiger partial charge < -0.3 is 42.6 Å². The van der Waals surface area contributed by atoms with Crippen molar-refractivity contribution in [1.29, 1.82) is 0 Å². The largest absolute Gasteiger partial charge is 0.513 e. The van der Waals surface area contributed by atoms with E-state index in [1.807, 2.05) is 102 Å². The van der Waals surface area contributed by atoms with Crippen LogP contribution in [0.25, 0.3) is 0 Å². The summed E-state index contributed by atoms with van der Waals surface area (Å²) in [6, 6.07) is 45.9. The van der Waals surface area contributed by atoms with Gasteiger partial charge in [0.1, 0.15) is 49.4 Å². The molecule has 7 aromatic rings. The van der Waals surface area contributed by atoms with Gasteiger partial charge in [-0.1, -0.05) is 174 Å². The molecular formula is C80H94O17S.